The zero-order valence-corrected chi connectivity index (χ0v) is 5.83. The molecule has 0 amide bonds. The van der Waals surface area contributed by atoms with Crippen molar-refractivity contribution < 1.29 is 14.3 Å². The maximum Gasteiger partial charge on any atom is 0.352 e. The number of hydrogen-bond donors (Lipinski definition) is 1. The van der Waals surface area contributed by atoms with Crippen molar-refractivity contribution in [2.75, 3.05) is 6.67 Å². The summed E-state index contributed by atoms with van der Waals surface area (Å²) in [7, 11) is 0. The molecule has 0 saturated heterocycles. The highest BCUT2D eigenvalue weighted by molar-refractivity contribution is 5.85. The maximum atomic E-state index is 11.8. The van der Waals surface area contributed by atoms with Crippen molar-refractivity contribution in [1.82, 2.24) is 4.57 Å². The molecule has 0 radical (unpaired) electrons. The Hall–Kier alpha value is -1.32. The Bertz CT molecular complexity index is 257. The molecule has 0 aliphatic carbocycles. The largest absolute Gasteiger partial charge is 0.477 e. The molecule has 0 aliphatic rings. The lowest BCUT2D eigenvalue weighted by molar-refractivity contribution is 0.0684. The van der Waals surface area contributed by atoms with Crippen LogP contribution in [0.3, 0.4) is 0 Å². The van der Waals surface area contributed by atoms with Crippen molar-refractivity contribution in [3.05, 3.63) is 24.0 Å². The average molecular weight is 157 g/mol. The first kappa shape index (κ1) is 7.78. The minimum absolute atomic E-state index is 0.106. The van der Waals surface area contributed by atoms with Crippen LogP contribution in [0.1, 0.15) is 10.5 Å². The van der Waals surface area contributed by atoms with Crippen molar-refractivity contribution in [2.24, 2.45) is 0 Å². The monoisotopic (exact) mass is 157 g/mol. The van der Waals surface area contributed by atoms with Gasteiger partial charge in [0.15, 0.2) is 0 Å². The molecule has 0 unspecified atom stereocenters. The molecule has 0 fully saturated rings. The third-order valence-corrected chi connectivity index (χ3v) is 1.37. The molecule has 1 aromatic heterocycles. The first-order valence-electron chi connectivity index (χ1n) is 3.20. The van der Waals surface area contributed by atoms with Gasteiger partial charge in [-0.05, 0) is 12.1 Å². The van der Waals surface area contributed by atoms with E-state index in [4.69, 9.17) is 5.11 Å². The fourth-order valence-electron chi connectivity index (χ4n) is 0.894. The molecule has 0 spiro atoms. The quantitative estimate of drug-likeness (QED) is 0.715. The van der Waals surface area contributed by atoms with Gasteiger partial charge in [0.2, 0.25) is 0 Å². The number of halogens is 1. The van der Waals surface area contributed by atoms with Crippen molar-refractivity contribution >= 4 is 5.97 Å². The van der Waals surface area contributed by atoms with Crippen LogP contribution in [0, 0.1) is 0 Å². The van der Waals surface area contributed by atoms with E-state index in [-0.39, 0.29) is 12.2 Å². The van der Waals surface area contributed by atoms with E-state index in [1.807, 2.05) is 0 Å². The van der Waals surface area contributed by atoms with E-state index in [0.29, 0.717) is 0 Å². The molecule has 1 N–H and O–H groups in total. The molecular weight excluding hydrogens is 149 g/mol. The Balaban J connectivity index is 2.87. The van der Waals surface area contributed by atoms with Crippen LogP contribution >= 0.6 is 0 Å². The van der Waals surface area contributed by atoms with Gasteiger partial charge < -0.3 is 9.67 Å². The Kier molecular flexibility index (Phi) is 2.25. The average Bonchev–Trinajstić information content (AvgIpc) is 2.36. The van der Waals surface area contributed by atoms with Crippen LogP contribution in [0.2, 0.25) is 0 Å². The summed E-state index contributed by atoms with van der Waals surface area (Å²) in [5, 5.41) is 8.54. The van der Waals surface area contributed by atoms with E-state index in [1.54, 1.807) is 12.3 Å². The Morgan fingerprint density at radius 2 is 2.45 bits per heavy atom. The van der Waals surface area contributed by atoms with Gasteiger partial charge in [-0.25, -0.2) is 9.18 Å². The van der Waals surface area contributed by atoms with E-state index < -0.39 is 12.6 Å². The minimum atomic E-state index is -1.02. The summed E-state index contributed by atoms with van der Waals surface area (Å²) in [5.41, 5.74) is 0.127. The highest BCUT2D eigenvalue weighted by atomic mass is 19.1. The number of aromatic carboxylic acids is 1. The summed E-state index contributed by atoms with van der Waals surface area (Å²) in [5.74, 6) is -1.02. The van der Waals surface area contributed by atoms with E-state index in [0.717, 1.165) is 0 Å². The van der Waals surface area contributed by atoms with Crippen LogP contribution in [-0.4, -0.2) is 22.3 Å². The summed E-state index contributed by atoms with van der Waals surface area (Å²) >= 11 is 0. The highest BCUT2D eigenvalue weighted by Gasteiger charge is 2.06. The number of nitrogens with zero attached hydrogens (tertiary/aromatic N) is 1. The van der Waals surface area contributed by atoms with Crippen LogP contribution in [0.25, 0.3) is 0 Å². The minimum Gasteiger partial charge on any atom is -0.477 e. The van der Waals surface area contributed by atoms with E-state index >= 15 is 0 Å². The maximum absolute atomic E-state index is 11.8. The Labute approximate surface area is 63.1 Å². The van der Waals surface area contributed by atoms with Gasteiger partial charge in [-0.1, -0.05) is 0 Å². The van der Waals surface area contributed by atoms with Crippen LogP contribution < -0.4 is 0 Å². The lowest BCUT2D eigenvalue weighted by Gasteiger charge is -2.00. The third kappa shape index (κ3) is 1.58. The van der Waals surface area contributed by atoms with Gasteiger partial charge in [0.1, 0.15) is 12.4 Å². The summed E-state index contributed by atoms with van der Waals surface area (Å²) in [6.45, 7) is -0.441. The van der Waals surface area contributed by atoms with Crippen molar-refractivity contribution in [2.45, 2.75) is 6.54 Å². The number of carbonyl (C=O) groups is 1. The zero-order valence-electron chi connectivity index (χ0n) is 5.83. The van der Waals surface area contributed by atoms with Gasteiger partial charge in [0.05, 0.1) is 6.54 Å². The number of carboxylic acids is 1. The predicted molar refractivity (Wildman–Crippen MR) is 37.4 cm³/mol. The van der Waals surface area contributed by atoms with Crippen molar-refractivity contribution in [3.8, 4) is 0 Å². The normalized spacial score (nSPS) is 9.91. The summed E-state index contributed by atoms with van der Waals surface area (Å²) in [6.07, 6.45) is 1.54. The van der Waals surface area contributed by atoms with Gasteiger partial charge in [-0.3, -0.25) is 0 Å². The standard InChI is InChI=1S/C7H8FNO2/c8-3-5-9-4-1-2-6(9)7(10)11/h1-2,4H,3,5H2,(H,10,11). The first-order chi connectivity index (χ1) is 5.25. The van der Waals surface area contributed by atoms with Crippen molar-refractivity contribution in [3.63, 3.8) is 0 Å². The highest BCUT2D eigenvalue weighted by Crippen LogP contribution is 2.01. The summed E-state index contributed by atoms with van der Waals surface area (Å²) in [6, 6.07) is 3.02. The zero-order chi connectivity index (χ0) is 8.27. The van der Waals surface area contributed by atoms with Crippen LogP contribution in [0.4, 0.5) is 4.39 Å². The SMILES string of the molecule is O=C(O)c1cccn1CCF. The number of hydrogen-bond acceptors (Lipinski definition) is 1. The van der Waals surface area contributed by atoms with Crippen molar-refractivity contribution in [1.29, 1.82) is 0 Å². The number of rotatable bonds is 3. The number of aryl methyl sites for hydroxylation is 1. The number of alkyl halides is 1. The van der Waals surface area contributed by atoms with E-state index in [2.05, 4.69) is 0 Å². The topological polar surface area (TPSA) is 42.2 Å². The van der Waals surface area contributed by atoms with Crippen LogP contribution in [-0.2, 0) is 6.54 Å². The lowest BCUT2D eigenvalue weighted by atomic mass is 10.4. The van der Waals surface area contributed by atoms with Gasteiger partial charge in [-0.15, -0.1) is 0 Å². The number of aromatic nitrogens is 1. The fourth-order valence-corrected chi connectivity index (χ4v) is 0.894. The van der Waals surface area contributed by atoms with Crippen LogP contribution in [0.5, 0.6) is 0 Å². The Morgan fingerprint density at radius 3 is 3.00 bits per heavy atom. The second-order valence-corrected chi connectivity index (χ2v) is 2.08. The molecule has 0 aromatic carbocycles. The molecule has 3 nitrogen and oxygen atoms in total. The second-order valence-electron chi connectivity index (χ2n) is 2.08. The van der Waals surface area contributed by atoms with E-state index in [1.165, 1.54) is 10.6 Å². The summed E-state index contributed by atoms with van der Waals surface area (Å²) in [4.78, 5) is 10.4. The molecule has 0 atom stereocenters. The molecule has 0 bridgehead atoms. The molecule has 11 heavy (non-hydrogen) atoms. The molecule has 4 heteroatoms. The van der Waals surface area contributed by atoms with E-state index in [9.17, 15) is 9.18 Å². The summed E-state index contributed by atoms with van der Waals surface area (Å²) < 4.78 is 13.1. The molecule has 1 heterocycles. The molecule has 0 saturated carbocycles. The smallest absolute Gasteiger partial charge is 0.352 e. The van der Waals surface area contributed by atoms with Gasteiger partial charge in [-0.2, -0.15) is 0 Å². The first-order valence-corrected chi connectivity index (χ1v) is 3.20. The molecule has 60 valence electrons. The Morgan fingerprint density at radius 1 is 1.73 bits per heavy atom. The van der Waals surface area contributed by atoms with Crippen LogP contribution in [0.15, 0.2) is 18.3 Å². The predicted octanol–water partition coefficient (Wildman–Crippen LogP) is 1.16. The lowest BCUT2D eigenvalue weighted by Crippen LogP contribution is -2.08. The second kappa shape index (κ2) is 3.18. The number of carboxylic acid groups (broad SMARTS) is 1. The van der Waals surface area contributed by atoms with Gasteiger partial charge in [0, 0.05) is 6.20 Å². The molecule has 0 aliphatic heterocycles. The van der Waals surface area contributed by atoms with Gasteiger partial charge in [0.25, 0.3) is 0 Å². The molecule has 1 rings (SSSR count). The third-order valence-electron chi connectivity index (χ3n) is 1.37. The molecule has 1 aromatic rings. The molecular formula is C7H8FNO2. The van der Waals surface area contributed by atoms with Gasteiger partial charge >= 0.3 is 5.97 Å². The fraction of sp³-hybridized carbons (Fsp3) is 0.286.